The minimum absolute atomic E-state index is 0.0428. The predicted octanol–water partition coefficient (Wildman–Crippen LogP) is 5.74. The number of anilines is 1. The molecule has 0 saturated heterocycles. The van der Waals surface area contributed by atoms with E-state index in [4.69, 9.17) is 14.4 Å². The maximum absolute atomic E-state index is 12.6. The summed E-state index contributed by atoms with van der Waals surface area (Å²) in [5.74, 6) is -0.883. The average molecular weight is 430 g/mol. The zero-order chi connectivity index (χ0) is 22.7. The number of rotatable bonds is 6. The molecule has 3 aromatic carbocycles. The standard InChI is InChI=1S/C25H22N2O5/c1-15-24-21(26-25(30)31-16(2)18-6-4-3-5-7-18)13-20(14-22(24)32-27-15)19-10-8-17(9-11-19)12-23(28)29/h3-11,13-14,16H,12H2,1-2H3,(H,26,30)(H,28,29). The molecule has 0 bridgehead atoms. The zero-order valence-corrected chi connectivity index (χ0v) is 17.7. The number of hydrogen-bond donors (Lipinski definition) is 2. The van der Waals surface area contributed by atoms with Crippen molar-refractivity contribution in [3.63, 3.8) is 0 Å². The number of nitrogens with zero attached hydrogens (tertiary/aromatic N) is 1. The third-order valence-corrected chi connectivity index (χ3v) is 5.18. The highest BCUT2D eigenvalue weighted by Crippen LogP contribution is 2.33. The van der Waals surface area contributed by atoms with Gasteiger partial charge in [-0.1, -0.05) is 59.8 Å². The lowest BCUT2D eigenvalue weighted by Gasteiger charge is -2.15. The lowest BCUT2D eigenvalue weighted by Crippen LogP contribution is -2.16. The molecule has 162 valence electrons. The first kappa shape index (κ1) is 21.1. The van der Waals surface area contributed by atoms with Crippen LogP contribution in [-0.4, -0.2) is 22.3 Å². The van der Waals surface area contributed by atoms with Gasteiger partial charge in [-0.3, -0.25) is 10.1 Å². The van der Waals surface area contributed by atoms with Crippen LogP contribution in [0.3, 0.4) is 0 Å². The van der Waals surface area contributed by atoms with Crippen molar-refractivity contribution in [2.24, 2.45) is 0 Å². The largest absolute Gasteiger partial charge is 0.481 e. The van der Waals surface area contributed by atoms with Crippen LogP contribution in [0.1, 0.15) is 29.8 Å². The average Bonchev–Trinajstić information content (AvgIpc) is 3.15. The van der Waals surface area contributed by atoms with Crippen LogP contribution < -0.4 is 5.32 Å². The van der Waals surface area contributed by atoms with Gasteiger partial charge in [-0.25, -0.2) is 4.79 Å². The number of aliphatic carboxylic acids is 1. The molecule has 1 amide bonds. The van der Waals surface area contributed by atoms with Crippen molar-refractivity contribution in [3.8, 4) is 11.1 Å². The van der Waals surface area contributed by atoms with Crippen molar-refractivity contribution in [2.75, 3.05) is 5.32 Å². The van der Waals surface area contributed by atoms with Crippen LogP contribution in [0.4, 0.5) is 10.5 Å². The number of aromatic nitrogens is 1. The smallest absolute Gasteiger partial charge is 0.412 e. The fourth-order valence-electron chi connectivity index (χ4n) is 3.57. The number of fused-ring (bicyclic) bond motifs is 1. The van der Waals surface area contributed by atoms with Crippen molar-refractivity contribution in [1.82, 2.24) is 5.16 Å². The summed E-state index contributed by atoms with van der Waals surface area (Å²) in [6.07, 6.45) is -1.05. The van der Waals surface area contributed by atoms with Gasteiger partial charge >= 0.3 is 12.1 Å². The number of ether oxygens (including phenoxy) is 1. The Morgan fingerprint density at radius 2 is 1.78 bits per heavy atom. The van der Waals surface area contributed by atoms with Crippen molar-refractivity contribution in [1.29, 1.82) is 0 Å². The normalized spacial score (nSPS) is 11.8. The van der Waals surface area contributed by atoms with Crippen LogP contribution >= 0.6 is 0 Å². The predicted molar refractivity (Wildman–Crippen MR) is 120 cm³/mol. The summed E-state index contributed by atoms with van der Waals surface area (Å²) in [6.45, 7) is 3.61. The number of benzene rings is 3. The maximum Gasteiger partial charge on any atom is 0.412 e. The number of carbonyl (C=O) groups is 2. The lowest BCUT2D eigenvalue weighted by atomic mass is 10.0. The van der Waals surface area contributed by atoms with Gasteiger partial charge in [0.05, 0.1) is 23.2 Å². The lowest BCUT2D eigenvalue weighted by molar-refractivity contribution is -0.136. The molecule has 0 aliphatic heterocycles. The molecule has 0 radical (unpaired) electrons. The first-order valence-electron chi connectivity index (χ1n) is 10.1. The van der Waals surface area contributed by atoms with Gasteiger partial charge in [0.2, 0.25) is 0 Å². The Morgan fingerprint density at radius 1 is 1.06 bits per heavy atom. The van der Waals surface area contributed by atoms with Gasteiger partial charge in [-0.15, -0.1) is 0 Å². The van der Waals surface area contributed by atoms with Gasteiger partial charge in [0.1, 0.15) is 6.10 Å². The summed E-state index contributed by atoms with van der Waals surface area (Å²) in [7, 11) is 0. The van der Waals surface area contributed by atoms with E-state index < -0.39 is 18.2 Å². The quantitative estimate of drug-likeness (QED) is 0.404. The van der Waals surface area contributed by atoms with Gasteiger partial charge in [-0.2, -0.15) is 0 Å². The van der Waals surface area contributed by atoms with E-state index in [1.165, 1.54) is 0 Å². The molecule has 1 heterocycles. The third kappa shape index (κ3) is 4.62. The molecule has 1 aromatic heterocycles. The molecular formula is C25H22N2O5. The summed E-state index contributed by atoms with van der Waals surface area (Å²) >= 11 is 0. The van der Waals surface area contributed by atoms with Crippen molar-refractivity contribution in [3.05, 3.63) is 83.6 Å². The SMILES string of the molecule is Cc1noc2cc(-c3ccc(CC(=O)O)cc3)cc(NC(=O)OC(C)c3ccccc3)c12. The number of nitrogens with one attached hydrogen (secondary N) is 1. The van der Waals surface area contributed by atoms with E-state index >= 15 is 0 Å². The molecule has 0 spiro atoms. The van der Waals surface area contributed by atoms with E-state index in [0.29, 0.717) is 27.9 Å². The first-order valence-corrected chi connectivity index (χ1v) is 10.1. The first-order chi connectivity index (χ1) is 15.4. The second-order valence-corrected chi connectivity index (χ2v) is 7.52. The van der Waals surface area contributed by atoms with Crippen LogP contribution in [0.25, 0.3) is 22.1 Å². The highest BCUT2D eigenvalue weighted by atomic mass is 16.6. The maximum atomic E-state index is 12.6. The molecule has 7 heteroatoms. The van der Waals surface area contributed by atoms with E-state index in [-0.39, 0.29) is 6.42 Å². The van der Waals surface area contributed by atoms with E-state index in [2.05, 4.69) is 10.5 Å². The number of carbonyl (C=O) groups excluding carboxylic acids is 1. The molecule has 0 aliphatic rings. The van der Waals surface area contributed by atoms with Crippen molar-refractivity contribution >= 4 is 28.7 Å². The minimum atomic E-state index is -0.883. The molecule has 0 fully saturated rings. The van der Waals surface area contributed by atoms with E-state index in [0.717, 1.165) is 16.7 Å². The van der Waals surface area contributed by atoms with Crippen LogP contribution in [0.5, 0.6) is 0 Å². The molecule has 2 N–H and O–H groups in total. The number of amides is 1. The number of aryl methyl sites for hydroxylation is 1. The number of hydrogen-bond acceptors (Lipinski definition) is 5. The fraction of sp³-hybridized carbons (Fsp3) is 0.160. The van der Waals surface area contributed by atoms with Gasteiger partial charge in [0.25, 0.3) is 0 Å². The Bertz CT molecular complexity index is 1260. The minimum Gasteiger partial charge on any atom is -0.481 e. The summed E-state index contributed by atoms with van der Waals surface area (Å²) in [5.41, 5.74) is 4.94. The van der Waals surface area contributed by atoms with Crippen molar-refractivity contribution in [2.45, 2.75) is 26.4 Å². The Labute approximate surface area is 184 Å². The van der Waals surface area contributed by atoms with Gasteiger partial charge in [0, 0.05) is 0 Å². The Balaban J connectivity index is 1.61. The molecule has 4 rings (SSSR count). The molecular weight excluding hydrogens is 408 g/mol. The fourth-order valence-corrected chi connectivity index (χ4v) is 3.57. The molecule has 1 atom stereocenters. The van der Waals surface area contributed by atoms with E-state index in [1.807, 2.05) is 61.5 Å². The highest BCUT2D eigenvalue weighted by molar-refractivity contribution is 6.02. The summed E-state index contributed by atoms with van der Waals surface area (Å²) in [6, 6.07) is 20.3. The summed E-state index contributed by atoms with van der Waals surface area (Å²) < 4.78 is 11.0. The second-order valence-electron chi connectivity index (χ2n) is 7.52. The van der Waals surface area contributed by atoms with Crippen LogP contribution in [0, 0.1) is 6.92 Å². The van der Waals surface area contributed by atoms with Crippen LogP contribution in [0.2, 0.25) is 0 Å². The third-order valence-electron chi connectivity index (χ3n) is 5.18. The Kier molecular flexibility index (Phi) is 5.89. The second kappa shape index (κ2) is 8.93. The van der Waals surface area contributed by atoms with Gasteiger partial charge in [0.15, 0.2) is 5.58 Å². The van der Waals surface area contributed by atoms with E-state index in [1.54, 1.807) is 19.1 Å². The van der Waals surface area contributed by atoms with Crippen molar-refractivity contribution < 1.29 is 24.0 Å². The Hall–Kier alpha value is -4.13. The highest BCUT2D eigenvalue weighted by Gasteiger charge is 2.17. The van der Waals surface area contributed by atoms with Gasteiger partial charge in [-0.05, 0) is 48.2 Å². The molecule has 0 saturated carbocycles. The molecule has 7 nitrogen and oxygen atoms in total. The summed E-state index contributed by atoms with van der Waals surface area (Å²) in [4.78, 5) is 23.5. The zero-order valence-electron chi connectivity index (χ0n) is 17.7. The summed E-state index contributed by atoms with van der Waals surface area (Å²) in [5, 5.41) is 16.5. The number of carboxylic acid groups (broad SMARTS) is 1. The topological polar surface area (TPSA) is 102 Å². The number of carboxylic acids is 1. The van der Waals surface area contributed by atoms with Crippen LogP contribution in [-0.2, 0) is 16.0 Å². The van der Waals surface area contributed by atoms with Crippen LogP contribution in [0.15, 0.2) is 71.3 Å². The van der Waals surface area contributed by atoms with E-state index in [9.17, 15) is 9.59 Å². The monoisotopic (exact) mass is 430 g/mol. The molecule has 0 aliphatic carbocycles. The van der Waals surface area contributed by atoms with Gasteiger partial charge < -0.3 is 14.4 Å². The Morgan fingerprint density at radius 3 is 2.47 bits per heavy atom. The molecule has 32 heavy (non-hydrogen) atoms. The molecule has 1 unspecified atom stereocenters. The molecule has 4 aromatic rings.